The maximum Gasteiger partial charge on any atom is 0.334 e. The molecule has 2 heterocycles. The average Bonchev–Trinajstić information content (AvgIpc) is 2.79. The Balaban J connectivity index is 1.66. The molecule has 1 N–H and O–H groups in total. The number of rotatable bonds is 5. The highest BCUT2D eigenvalue weighted by atomic mass is 16.7. The van der Waals surface area contributed by atoms with Gasteiger partial charge in [-0.1, -0.05) is 0 Å². The van der Waals surface area contributed by atoms with Gasteiger partial charge in [-0.2, -0.15) is 0 Å². The van der Waals surface area contributed by atoms with Crippen molar-refractivity contribution in [3.05, 3.63) is 11.9 Å². The summed E-state index contributed by atoms with van der Waals surface area (Å²) in [4.78, 5) is 18.3. The van der Waals surface area contributed by atoms with Gasteiger partial charge in [0.2, 0.25) is 0 Å². The van der Waals surface area contributed by atoms with Crippen LogP contribution in [-0.2, 0) is 14.4 Å². The Morgan fingerprint density at radius 1 is 1.73 bits per heavy atom. The maximum atomic E-state index is 11.0. The molecule has 0 aromatic heterocycles. The van der Waals surface area contributed by atoms with Crippen LogP contribution in [0, 0.1) is 5.92 Å². The number of fused-ring (bicyclic) bond motifs is 2. The molecule has 1 fully saturated rings. The Labute approximate surface area is 89.0 Å². The lowest BCUT2D eigenvalue weighted by atomic mass is 10.1. The molecule has 1 unspecified atom stereocenters. The molecule has 5 heteroatoms. The van der Waals surface area contributed by atoms with Crippen LogP contribution in [0.25, 0.3) is 0 Å². The number of carbonyl (C=O) groups is 1. The minimum Gasteiger partial charge on any atom is -0.464 e. The second-order valence-corrected chi connectivity index (χ2v) is 3.76. The second-order valence-electron chi connectivity index (χ2n) is 3.76. The van der Waals surface area contributed by atoms with Gasteiger partial charge in [0.15, 0.2) is 6.61 Å². The van der Waals surface area contributed by atoms with E-state index in [2.05, 4.69) is 16.6 Å². The molecular formula is C10H16N2O3. The summed E-state index contributed by atoms with van der Waals surface area (Å²) >= 11 is 0. The molecule has 2 aliphatic heterocycles. The molecule has 1 atom stereocenters. The summed E-state index contributed by atoms with van der Waals surface area (Å²) in [5.41, 5.74) is 3.90. The lowest BCUT2D eigenvalue weighted by Crippen LogP contribution is -2.24. The number of nitrogens with zero attached hydrogens (tertiary/aromatic N) is 1. The van der Waals surface area contributed by atoms with E-state index in [0.29, 0.717) is 12.5 Å². The van der Waals surface area contributed by atoms with Crippen molar-refractivity contribution in [2.45, 2.75) is 13.3 Å². The summed E-state index contributed by atoms with van der Waals surface area (Å²) in [5.74, 6) is 0.209. The molecule has 0 spiro atoms. The van der Waals surface area contributed by atoms with Gasteiger partial charge in [0.1, 0.15) is 0 Å². The number of carbonyl (C=O) groups excluding carboxylic acids is 1. The van der Waals surface area contributed by atoms with E-state index in [1.54, 1.807) is 6.92 Å². The zero-order valence-electron chi connectivity index (χ0n) is 8.86. The number of hydrogen-bond acceptors (Lipinski definition) is 5. The van der Waals surface area contributed by atoms with Crippen LogP contribution in [-0.4, -0.2) is 37.2 Å². The number of nitrogens with one attached hydrogen (secondary N) is 1. The van der Waals surface area contributed by atoms with Crippen molar-refractivity contribution in [3.8, 4) is 0 Å². The van der Waals surface area contributed by atoms with Gasteiger partial charge >= 0.3 is 5.97 Å². The highest BCUT2D eigenvalue weighted by Gasteiger charge is 2.30. The third-order valence-electron chi connectivity index (χ3n) is 2.67. The van der Waals surface area contributed by atoms with Crippen molar-refractivity contribution >= 4 is 5.97 Å². The standard InChI is InChI=1S/C10H16N2O3/c1-2-14-10(13)7-15-11-9-6-12-4-3-8(9)5-12/h6,8,11H,2-5,7H2,1H3. The van der Waals surface area contributed by atoms with Gasteiger partial charge in [0.05, 0.1) is 12.3 Å². The fourth-order valence-corrected chi connectivity index (χ4v) is 1.95. The van der Waals surface area contributed by atoms with Crippen LogP contribution >= 0.6 is 0 Å². The van der Waals surface area contributed by atoms with E-state index in [-0.39, 0.29) is 12.6 Å². The zero-order chi connectivity index (χ0) is 10.7. The first-order chi connectivity index (χ1) is 7.29. The van der Waals surface area contributed by atoms with Crippen molar-refractivity contribution in [2.75, 3.05) is 26.3 Å². The normalized spacial score (nSPS) is 22.9. The predicted octanol–water partition coefficient (Wildman–Crippen LogP) is 0.248. The van der Waals surface area contributed by atoms with E-state index in [9.17, 15) is 4.79 Å². The average molecular weight is 212 g/mol. The van der Waals surface area contributed by atoms with E-state index < -0.39 is 0 Å². The van der Waals surface area contributed by atoms with Crippen LogP contribution in [0.5, 0.6) is 0 Å². The lowest BCUT2D eigenvalue weighted by Gasteiger charge is -2.14. The van der Waals surface area contributed by atoms with Crippen molar-refractivity contribution in [1.29, 1.82) is 0 Å². The number of hydroxylamine groups is 1. The second kappa shape index (κ2) is 4.53. The van der Waals surface area contributed by atoms with Gasteiger partial charge in [-0.25, -0.2) is 4.79 Å². The van der Waals surface area contributed by atoms with Gasteiger partial charge in [0.25, 0.3) is 0 Å². The van der Waals surface area contributed by atoms with Gasteiger partial charge in [-0.15, -0.1) is 0 Å². The molecule has 0 aromatic carbocycles. The molecular weight excluding hydrogens is 196 g/mol. The largest absolute Gasteiger partial charge is 0.464 e. The zero-order valence-corrected chi connectivity index (χ0v) is 8.86. The Morgan fingerprint density at radius 2 is 2.60 bits per heavy atom. The molecule has 0 saturated carbocycles. The van der Waals surface area contributed by atoms with Crippen LogP contribution in [0.2, 0.25) is 0 Å². The van der Waals surface area contributed by atoms with E-state index >= 15 is 0 Å². The van der Waals surface area contributed by atoms with Crippen LogP contribution in [0.15, 0.2) is 11.9 Å². The molecule has 5 nitrogen and oxygen atoms in total. The minimum absolute atomic E-state index is 0.0438. The third-order valence-corrected chi connectivity index (χ3v) is 2.67. The van der Waals surface area contributed by atoms with E-state index in [0.717, 1.165) is 18.8 Å². The molecule has 2 aliphatic rings. The molecule has 0 aliphatic carbocycles. The van der Waals surface area contributed by atoms with Crippen LogP contribution < -0.4 is 5.48 Å². The lowest BCUT2D eigenvalue weighted by molar-refractivity contribution is -0.150. The summed E-state index contributed by atoms with van der Waals surface area (Å²) in [6, 6.07) is 0. The first kappa shape index (κ1) is 10.3. The van der Waals surface area contributed by atoms with Crippen molar-refractivity contribution < 1.29 is 14.4 Å². The fraction of sp³-hybridized carbons (Fsp3) is 0.700. The van der Waals surface area contributed by atoms with Gasteiger partial charge in [0, 0.05) is 25.2 Å². The molecule has 0 amide bonds. The quantitative estimate of drug-likeness (QED) is 0.523. The molecule has 1 saturated heterocycles. The fourth-order valence-electron chi connectivity index (χ4n) is 1.95. The summed E-state index contributed by atoms with van der Waals surface area (Å²) in [7, 11) is 0. The minimum atomic E-state index is -0.339. The number of esters is 1. The van der Waals surface area contributed by atoms with Crippen molar-refractivity contribution in [3.63, 3.8) is 0 Å². The summed E-state index contributed by atoms with van der Waals surface area (Å²) in [6.45, 7) is 4.33. The topological polar surface area (TPSA) is 50.8 Å². The third kappa shape index (κ3) is 2.41. The van der Waals surface area contributed by atoms with Crippen molar-refractivity contribution in [1.82, 2.24) is 10.4 Å². The van der Waals surface area contributed by atoms with Gasteiger partial charge in [-0.3, -0.25) is 10.3 Å². The monoisotopic (exact) mass is 212 g/mol. The molecule has 2 rings (SSSR count). The number of ether oxygens (including phenoxy) is 1. The first-order valence-electron chi connectivity index (χ1n) is 5.28. The smallest absolute Gasteiger partial charge is 0.334 e. The van der Waals surface area contributed by atoms with E-state index in [1.807, 2.05) is 0 Å². The molecule has 84 valence electrons. The Kier molecular flexibility index (Phi) is 3.11. The van der Waals surface area contributed by atoms with E-state index in [4.69, 9.17) is 9.57 Å². The van der Waals surface area contributed by atoms with Crippen LogP contribution in [0.4, 0.5) is 0 Å². The Morgan fingerprint density at radius 3 is 3.20 bits per heavy atom. The van der Waals surface area contributed by atoms with Crippen LogP contribution in [0.3, 0.4) is 0 Å². The summed E-state index contributed by atoms with van der Waals surface area (Å²) in [5, 5.41) is 0. The maximum absolute atomic E-state index is 11.0. The Bertz CT molecular complexity index is 278. The highest BCUT2D eigenvalue weighted by Crippen LogP contribution is 2.29. The molecule has 15 heavy (non-hydrogen) atoms. The van der Waals surface area contributed by atoms with Gasteiger partial charge < -0.3 is 9.64 Å². The SMILES string of the molecule is CCOC(=O)CONC1=CN2CCC1C2. The van der Waals surface area contributed by atoms with Crippen LogP contribution in [0.1, 0.15) is 13.3 Å². The Hall–Kier alpha value is -1.23. The van der Waals surface area contributed by atoms with E-state index in [1.165, 1.54) is 6.42 Å². The van der Waals surface area contributed by atoms with Crippen molar-refractivity contribution in [2.24, 2.45) is 5.92 Å². The first-order valence-corrected chi connectivity index (χ1v) is 5.28. The molecule has 0 aromatic rings. The summed E-state index contributed by atoms with van der Waals surface area (Å²) in [6.07, 6.45) is 3.22. The highest BCUT2D eigenvalue weighted by molar-refractivity contribution is 5.70. The number of hydrogen-bond donors (Lipinski definition) is 1. The van der Waals surface area contributed by atoms with Gasteiger partial charge in [-0.05, 0) is 13.3 Å². The molecule has 0 radical (unpaired) electrons. The molecule has 2 bridgehead atoms. The predicted molar refractivity (Wildman–Crippen MR) is 53.5 cm³/mol. The summed E-state index contributed by atoms with van der Waals surface area (Å²) < 4.78 is 4.73.